The Morgan fingerprint density at radius 2 is 2.04 bits per heavy atom. The van der Waals surface area contributed by atoms with E-state index >= 15 is 0 Å². The molecule has 4 rings (SSSR count). The van der Waals surface area contributed by atoms with Crippen LogP contribution in [0.4, 0.5) is 11.6 Å². The summed E-state index contributed by atoms with van der Waals surface area (Å²) in [7, 11) is 0. The highest BCUT2D eigenvalue weighted by Crippen LogP contribution is 2.23. The van der Waals surface area contributed by atoms with Crippen molar-refractivity contribution in [1.29, 1.82) is 0 Å². The Hall–Kier alpha value is -2.41. The normalized spacial score (nSPS) is 17.4. The number of fused-ring (bicyclic) bond motifs is 1. The van der Waals surface area contributed by atoms with Crippen LogP contribution < -0.4 is 10.2 Å². The fourth-order valence-corrected chi connectivity index (χ4v) is 3.30. The van der Waals surface area contributed by atoms with Crippen LogP contribution >= 0.6 is 0 Å². The second kappa shape index (κ2) is 6.60. The molecule has 7 nitrogen and oxygen atoms in total. The molecule has 0 aliphatic carbocycles. The molecular weight excluding hydrogens is 306 g/mol. The molecule has 0 bridgehead atoms. The first-order chi connectivity index (χ1) is 11.8. The zero-order chi connectivity index (χ0) is 16.4. The molecule has 0 aromatic carbocycles. The van der Waals surface area contributed by atoms with Crippen LogP contribution in [0.2, 0.25) is 0 Å². The molecule has 0 radical (unpaired) electrons. The van der Waals surface area contributed by atoms with Crippen molar-refractivity contribution in [3.05, 3.63) is 35.9 Å². The van der Waals surface area contributed by atoms with Crippen LogP contribution in [0, 0.1) is 0 Å². The molecule has 2 aliphatic heterocycles. The first kappa shape index (κ1) is 15.1. The average molecular weight is 327 g/mol. The van der Waals surface area contributed by atoms with Gasteiger partial charge in [-0.05, 0) is 25.0 Å². The summed E-state index contributed by atoms with van der Waals surface area (Å²) < 4.78 is 7.49. The number of pyridine rings is 1. The monoisotopic (exact) mass is 327 g/mol. The van der Waals surface area contributed by atoms with E-state index in [0.29, 0.717) is 18.8 Å². The van der Waals surface area contributed by atoms with Crippen molar-refractivity contribution < 1.29 is 9.53 Å². The predicted molar refractivity (Wildman–Crippen MR) is 90.4 cm³/mol. The Balaban J connectivity index is 1.57. The number of nitrogens with zero attached hydrogens (tertiary/aromatic N) is 4. The predicted octanol–water partition coefficient (Wildman–Crippen LogP) is 1.70. The third-order valence-corrected chi connectivity index (χ3v) is 4.55. The summed E-state index contributed by atoms with van der Waals surface area (Å²) in [5, 5.41) is 3.01. The zero-order valence-corrected chi connectivity index (χ0v) is 13.6. The lowest BCUT2D eigenvalue weighted by molar-refractivity contribution is 0.102. The quantitative estimate of drug-likeness (QED) is 0.929. The first-order valence-corrected chi connectivity index (χ1v) is 8.46. The Morgan fingerprint density at radius 1 is 1.17 bits per heavy atom. The van der Waals surface area contributed by atoms with E-state index in [4.69, 9.17) is 4.74 Å². The van der Waals surface area contributed by atoms with Crippen LogP contribution in [-0.4, -0.2) is 46.7 Å². The first-order valence-electron chi connectivity index (χ1n) is 8.46. The van der Waals surface area contributed by atoms with Crippen molar-refractivity contribution in [3.63, 3.8) is 0 Å². The van der Waals surface area contributed by atoms with Crippen molar-refractivity contribution >= 4 is 17.5 Å². The lowest BCUT2D eigenvalue weighted by Gasteiger charge is -2.29. The van der Waals surface area contributed by atoms with Gasteiger partial charge in [-0.1, -0.05) is 0 Å². The van der Waals surface area contributed by atoms with Gasteiger partial charge >= 0.3 is 0 Å². The summed E-state index contributed by atoms with van der Waals surface area (Å²) in [6.07, 6.45) is 6.74. The maximum absolute atomic E-state index is 12.8. The highest BCUT2D eigenvalue weighted by atomic mass is 16.5. The van der Waals surface area contributed by atoms with Gasteiger partial charge in [0.05, 0.1) is 25.0 Å². The Bertz CT molecular complexity index is 736. The van der Waals surface area contributed by atoms with E-state index in [2.05, 4.69) is 24.8 Å². The molecule has 126 valence electrons. The molecule has 0 unspecified atom stereocenters. The van der Waals surface area contributed by atoms with Gasteiger partial charge in [0.25, 0.3) is 5.91 Å². The number of anilines is 2. The molecule has 0 saturated carbocycles. The van der Waals surface area contributed by atoms with Crippen molar-refractivity contribution in [3.8, 4) is 0 Å². The van der Waals surface area contributed by atoms with E-state index < -0.39 is 0 Å². The molecule has 0 spiro atoms. The summed E-state index contributed by atoms with van der Waals surface area (Å²) in [6, 6.07) is 3.62. The van der Waals surface area contributed by atoms with Crippen LogP contribution in [0.5, 0.6) is 0 Å². The highest BCUT2D eigenvalue weighted by molar-refractivity contribution is 6.07. The number of ether oxygens (including phenoxy) is 1. The van der Waals surface area contributed by atoms with Crippen molar-refractivity contribution in [2.24, 2.45) is 0 Å². The average Bonchev–Trinajstić information content (AvgIpc) is 3.05. The number of carbonyl (C=O) groups excluding carboxylic acids is 1. The topological polar surface area (TPSA) is 72.3 Å². The van der Waals surface area contributed by atoms with Crippen LogP contribution in [0.1, 0.15) is 29.0 Å². The van der Waals surface area contributed by atoms with Gasteiger partial charge in [-0.25, -0.2) is 9.97 Å². The third kappa shape index (κ3) is 2.87. The number of aryl methyl sites for hydroxylation is 1. The standard InChI is InChI=1S/C17H21N5O2/c23-17(20-15-12-19-14-5-1-2-7-22(14)15)13-4-3-6-18-16(13)21-8-10-24-11-9-21/h3-4,6,12H,1-2,5,7-11H2,(H,20,23). The van der Waals surface area contributed by atoms with E-state index in [-0.39, 0.29) is 5.91 Å². The van der Waals surface area contributed by atoms with E-state index in [1.54, 1.807) is 18.5 Å². The van der Waals surface area contributed by atoms with Crippen molar-refractivity contribution in [2.75, 3.05) is 36.5 Å². The molecule has 1 amide bonds. The van der Waals surface area contributed by atoms with Crippen molar-refractivity contribution in [2.45, 2.75) is 25.8 Å². The molecule has 2 aromatic rings. The van der Waals surface area contributed by atoms with Gasteiger partial charge in [0.15, 0.2) is 0 Å². The molecule has 1 fully saturated rings. The summed E-state index contributed by atoms with van der Waals surface area (Å²) in [4.78, 5) is 23.8. The maximum Gasteiger partial charge on any atom is 0.260 e. The van der Waals surface area contributed by atoms with E-state index in [0.717, 1.165) is 56.4 Å². The summed E-state index contributed by atoms with van der Waals surface area (Å²) in [6.45, 7) is 3.73. The SMILES string of the molecule is O=C(Nc1cnc2n1CCCC2)c1cccnc1N1CCOCC1. The molecule has 2 aliphatic rings. The number of hydrogen-bond acceptors (Lipinski definition) is 5. The van der Waals surface area contributed by atoms with E-state index in [1.165, 1.54) is 0 Å². The minimum absolute atomic E-state index is 0.141. The van der Waals surface area contributed by atoms with Crippen LogP contribution in [-0.2, 0) is 17.7 Å². The number of hydrogen-bond donors (Lipinski definition) is 1. The second-order valence-electron chi connectivity index (χ2n) is 6.10. The van der Waals surface area contributed by atoms with Gasteiger partial charge < -0.3 is 19.5 Å². The largest absolute Gasteiger partial charge is 0.378 e. The number of imidazole rings is 1. The second-order valence-corrected chi connectivity index (χ2v) is 6.10. The van der Waals surface area contributed by atoms with Gasteiger partial charge in [0.2, 0.25) is 0 Å². The zero-order valence-electron chi connectivity index (χ0n) is 13.6. The van der Waals surface area contributed by atoms with E-state index in [1.807, 2.05) is 6.07 Å². The van der Waals surface area contributed by atoms with E-state index in [9.17, 15) is 4.79 Å². The molecule has 4 heterocycles. The number of aromatic nitrogens is 3. The number of morpholine rings is 1. The highest BCUT2D eigenvalue weighted by Gasteiger charge is 2.22. The molecule has 1 N–H and O–H groups in total. The lowest BCUT2D eigenvalue weighted by atomic mass is 10.2. The fraction of sp³-hybridized carbons (Fsp3) is 0.471. The fourth-order valence-electron chi connectivity index (χ4n) is 3.30. The van der Waals surface area contributed by atoms with Gasteiger partial charge in [-0.2, -0.15) is 0 Å². The van der Waals surface area contributed by atoms with Gasteiger partial charge in [-0.15, -0.1) is 0 Å². The van der Waals surface area contributed by atoms with Gasteiger partial charge in [-0.3, -0.25) is 4.79 Å². The Labute approximate surface area is 140 Å². The Morgan fingerprint density at radius 3 is 2.92 bits per heavy atom. The molecule has 1 saturated heterocycles. The molecular formula is C17H21N5O2. The van der Waals surface area contributed by atoms with Gasteiger partial charge in [0, 0.05) is 32.3 Å². The summed E-state index contributed by atoms with van der Waals surface area (Å²) >= 11 is 0. The minimum Gasteiger partial charge on any atom is -0.378 e. The maximum atomic E-state index is 12.8. The summed E-state index contributed by atoms with van der Waals surface area (Å²) in [5.41, 5.74) is 0.589. The Kier molecular flexibility index (Phi) is 4.17. The van der Waals surface area contributed by atoms with Crippen LogP contribution in [0.15, 0.2) is 24.5 Å². The minimum atomic E-state index is -0.141. The smallest absolute Gasteiger partial charge is 0.260 e. The molecule has 7 heteroatoms. The summed E-state index contributed by atoms with van der Waals surface area (Å²) in [5.74, 6) is 2.40. The van der Waals surface area contributed by atoms with Crippen LogP contribution in [0.25, 0.3) is 0 Å². The number of carbonyl (C=O) groups is 1. The third-order valence-electron chi connectivity index (χ3n) is 4.55. The molecule has 24 heavy (non-hydrogen) atoms. The molecule has 0 atom stereocenters. The van der Waals surface area contributed by atoms with Crippen LogP contribution in [0.3, 0.4) is 0 Å². The van der Waals surface area contributed by atoms with Gasteiger partial charge in [0.1, 0.15) is 17.5 Å². The lowest BCUT2D eigenvalue weighted by Crippen LogP contribution is -2.38. The number of rotatable bonds is 3. The molecule has 2 aromatic heterocycles. The number of amides is 1. The van der Waals surface area contributed by atoms with Crippen molar-refractivity contribution in [1.82, 2.24) is 14.5 Å². The number of nitrogens with one attached hydrogen (secondary N) is 1.